The number of pyridine rings is 1. The summed E-state index contributed by atoms with van der Waals surface area (Å²) in [7, 11) is 0. The maximum absolute atomic E-state index is 9.40. The van der Waals surface area contributed by atoms with E-state index >= 15 is 0 Å². The van der Waals surface area contributed by atoms with Gasteiger partial charge in [0, 0.05) is 42.6 Å². The minimum atomic E-state index is 0.434. The number of aromatic nitrogens is 3. The Bertz CT molecular complexity index is 1140. The van der Waals surface area contributed by atoms with Crippen molar-refractivity contribution in [2.75, 3.05) is 48.4 Å². The van der Waals surface area contributed by atoms with E-state index in [0.29, 0.717) is 36.8 Å². The number of nitrogens with zero attached hydrogens (tertiary/aromatic N) is 6. The molecule has 2 aliphatic rings. The van der Waals surface area contributed by atoms with Crippen LogP contribution in [-0.2, 0) is 17.7 Å². The van der Waals surface area contributed by atoms with E-state index in [1.807, 2.05) is 18.3 Å². The normalized spacial score (nSPS) is 16.0. The number of morpholine rings is 1. The fourth-order valence-corrected chi connectivity index (χ4v) is 4.13. The third-order valence-corrected chi connectivity index (χ3v) is 5.80. The van der Waals surface area contributed by atoms with Crippen molar-refractivity contribution >= 4 is 17.2 Å². The highest BCUT2D eigenvalue weighted by Crippen LogP contribution is 2.32. The fourth-order valence-electron chi connectivity index (χ4n) is 4.13. The van der Waals surface area contributed by atoms with Gasteiger partial charge in [0.15, 0.2) is 5.82 Å². The minimum absolute atomic E-state index is 0.434. The number of anilines is 3. The first-order valence-corrected chi connectivity index (χ1v) is 10.4. The van der Waals surface area contributed by atoms with Gasteiger partial charge < -0.3 is 20.3 Å². The Morgan fingerprint density at radius 1 is 1.06 bits per heavy atom. The molecule has 0 bridgehead atoms. The summed E-state index contributed by atoms with van der Waals surface area (Å²) in [6.07, 6.45) is 4.53. The van der Waals surface area contributed by atoms with Gasteiger partial charge in [0.1, 0.15) is 11.9 Å². The number of hydrogen-bond acceptors (Lipinski definition) is 8. The van der Waals surface area contributed by atoms with Crippen LogP contribution in [0.25, 0.3) is 11.4 Å². The Morgan fingerprint density at radius 2 is 1.94 bits per heavy atom. The molecule has 0 atom stereocenters. The summed E-state index contributed by atoms with van der Waals surface area (Å²) in [5, 5.41) is 9.40. The van der Waals surface area contributed by atoms with E-state index in [2.05, 4.69) is 26.9 Å². The van der Waals surface area contributed by atoms with Gasteiger partial charge >= 0.3 is 0 Å². The van der Waals surface area contributed by atoms with Crippen LogP contribution in [0, 0.1) is 11.3 Å². The molecule has 0 spiro atoms. The van der Waals surface area contributed by atoms with Crippen molar-refractivity contribution in [2.24, 2.45) is 0 Å². The summed E-state index contributed by atoms with van der Waals surface area (Å²) in [6, 6.07) is 11.6. The van der Waals surface area contributed by atoms with Crippen LogP contribution in [0.2, 0.25) is 0 Å². The zero-order valence-corrected chi connectivity index (χ0v) is 17.2. The lowest BCUT2D eigenvalue weighted by molar-refractivity contribution is 0.122. The summed E-state index contributed by atoms with van der Waals surface area (Å²) in [6.45, 7) is 4.57. The lowest BCUT2D eigenvalue weighted by Gasteiger charge is -2.35. The maximum Gasteiger partial charge on any atom is 0.161 e. The van der Waals surface area contributed by atoms with E-state index in [9.17, 15) is 5.26 Å². The highest BCUT2D eigenvalue weighted by molar-refractivity contribution is 5.68. The SMILES string of the molecule is N#Cc1cc(-c2nc3c(c(N4CCOCC4)n2)CCN(c2cccnc2)C3)ccc1N. The Labute approximate surface area is 180 Å². The third-order valence-electron chi connectivity index (χ3n) is 5.80. The molecular weight excluding hydrogens is 390 g/mol. The molecule has 1 fully saturated rings. The van der Waals surface area contributed by atoms with Gasteiger partial charge in [-0.2, -0.15) is 5.26 Å². The first kappa shape index (κ1) is 19.3. The number of nitrogens with two attached hydrogens (primary N) is 1. The van der Waals surface area contributed by atoms with E-state index in [1.54, 1.807) is 18.3 Å². The van der Waals surface area contributed by atoms with Crippen LogP contribution < -0.4 is 15.5 Å². The van der Waals surface area contributed by atoms with Gasteiger partial charge in [-0.3, -0.25) is 4.98 Å². The molecule has 3 aromatic rings. The molecule has 2 N–H and O–H groups in total. The molecule has 2 aliphatic heterocycles. The Hall–Kier alpha value is -3.70. The number of ether oxygens (including phenoxy) is 1. The lowest BCUT2D eigenvalue weighted by Crippen LogP contribution is -2.39. The van der Waals surface area contributed by atoms with Crippen molar-refractivity contribution in [3.8, 4) is 17.5 Å². The molecule has 0 amide bonds. The van der Waals surface area contributed by atoms with Crippen molar-refractivity contribution in [1.82, 2.24) is 15.0 Å². The van der Waals surface area contributed by atoms with E-state index in [-0.39, 0.29) is 0 Å². The molecule has 0 saturated carbocycles. The molecule has 156 valence electrons. The van der Waals surface area contributed by atoms with Gasteiger partial charge in [0.25, 0.3) is 0 Å². The average Bonchev–Trinajstić information content (AvgIpc) is 2.84. The van der Waals surface area contributed by atoms with E-state index < -0.39 is 0 Å². The monoisotopic (exact) mass is 413 g/mol. The fraction of sp³-hybridized carbons (Fsp3) is 0.304. The molecule has 1 saturated heterocycles. The van der Waals surface area contributed by atoms with Gasteiger partial charge in [0.2, 0.25) is 0 Å². The topological polar surface area (TPSA) is 104 Å². The summed E-state index contributed by atoms with van der Waals surface area (Å²) < 4.78 is 5.55. The van der Waals surface area contributed by atoms with Crippen molar-refractivity contribution < 1.29 is 4.74 Å². The molecule has 0 unspecified atom stereocenters. The van der Waals surface area contributed by atoms with Crippen molar-refractivity contribution in [1.29, 1.82) is 5.26 Å². The number of hydrogen-bond donors (Lipinski definition) is 1. The smallest absolute Gasteiger partial charge is 0.161 e. The summed E-state index contributed by atoms with van der Waals surface area (Å²) >= 11 is 0. The van der Waals surface area contributed by atoms with Gasteiger partial charge in [-0.15, -0.1) is 0 Å². The predicted octanol–water partition coefficient (Wildman–Crippen LogP) is 2.39. The van der Waals surface area contributed by atoms with Crippen LogP contribution in [0.4, 0.5) is 17.2 Å². The minimum Gasteiger partial charge on any atom is -0.398 e. The molecule has 5 rings (SSSR count). The molecule has 0 radical (unpaired) electrons. The van der Waals surface area contributed by atoms with Gasteiger partial charge in [0.05, 0.1) is 42.9 Å². The number of benzene rings is 1. The molecule has 8 heteroatoms. The second kappa shape index (κ2) is 8.20. The molecule has 8 nitrogen and oxygen atoms in total. The van der Waals surface area contributed by atoms with E-state index in [0.717, 1.165) is 48.8 Å². The predicted molar refractivity (Wildman–Crippen MR) is 119 cm³/mol. The highest BCUT2D eigenvalue weighted by atomic mass is 16.5. The van der Waals surface area contributed by atoms with Crippen LogP contribution in [0.5, 0.6) is 0 Å². The number of rotatable bonds is 3. The highest BCUT2D eigenvalue weighted by Gasteiger charge is 2.26. The molecule has 31 heavy (non-hydrogen) atoms. The molecule has 2 aromatic heterocycles. The van der Waals surface area contributed by atoms with E-state index in [4.69, 9.17) is 20.4 Å². The maximum atomic E-state index is 9.40. The number of fused-ring (bicyclic) bond motifs is 1. The lowest BCUT2D eigenvalue weighted by atomic mass is 10.0. The van der Waals surface area contributed by atoms with Crippen molar-refractivity contribution in [3.63, 3.8) is 0 Å². The Kier molecular flexibility index (Phi) is 5.10. The number of nitrogen functional groups attached to an aromatic ring is 1. The van der Waals surface area contributed by atoms with Gasteiger partial charge in [-0.25, -0.2) is 9.97 Å². The van der Waals surface area contributed by atoms with Crippen LogP contribution in [0.3, 0.4) is 0 Å². The third kappa shape index (κ3) is 3.76. The molecule has 0 aliphatic carbocycles. The first-order chi connectivity index (χ1) is 15.2. The van der Waals surface area contributed by atoms with Gasteiger partial charge in [-0.1, -0.05) is 0 Å². The Morgan fingerprint density at radius 3 is 2.71 bits per heavy atom. The van der Waals surface area contributed by atoms with Gasteiger partial charge in [-0.05, 0) is 36.8 Å². The first-order valence-electron chi connectivity index (χ1n) is 10.4. The van der Waals surface area contributed by atoms with Crippen LogP contribution >= 0.6 is 0 Å². The van der Waals surface area contributed by atoms with E-state index in [1.165, 1.54) is 5.56 Å². The molecule has 1 aromatic carbocycles. The summed E-state index contributed by atoms with van der Waals surface area (Å²) in [5.74, 6) is 1.59. The molecule has 4 heterocycles. The van der Waals surface area contributed by atoms with Crippen LogP contribution in [0.1, 0.15) is 16.8 Å². The second-order valence-corrected chi connectivity index (χ2v) is 7.69. The van der Waals surface area contributed by atoms with Crippen molar-refractivity contribution in [3.05, 3.63) is 59.5 Å². The summed E-state index contributed by atoms with van der Waals surface area (Å²) in [5.41, 5.74) is 10.9. The Balaban J connectivity index is 1.59. The number of nitriles is 1. The van der Waals surface area contributed by atoms with Crippen LogP contribution in [0.15, 0.2) is 42.7 Å². The largest absolute Gasteiger partial charge is 0.398 e. The summed E-state index contributed by atoms with van der Waals surface area (Å²) in [4.78, 5) is 18.7. The average molecular weight is 413 g/mol. The molecular formula is C23H23N7O. The second-order valence-electron chi connectivity index (χ2n) is 7.69. The quantitative estimate of drug-likeness (QED) is 0.653. The zero-order chi connectivity index (χ0) is 21.2. The van der Waals surface area contributed by atoms with Crippen LogP contribution in [-0.4, -0.2) is 47.8 Å². The standard InChI is InChI=1S/C23H23N7O/c24-13-17-12-16(3-4-20(17)25)22-27-21-15-30(18-2-1-6-26-14-18)7-5-19(21)23(28-22)29-8-10-31-11-9-29/h1-4,6,12,14H,5,7-11,15,25H2. The van der Waals surface area contributed by atoms with Crippen molar-refractivity contribution in [2.45, 2.75) is 13.0 Å². The zero-order valence-electron chi connectivity index (χ0n) is 17.2.